The van der Waals surface area contributed by atoms with Crippen molar-refractivity contribution in [1.29, 1.82) is 0 Å². The third kappa shape index (κ3) is 6.37. The molecule has 0 radical (unpaired) electrons. The maximum atomic E-state index is 10.9. The number of allylic oxidation sites excluding steroid dienone is 1. The van der Waals surface area contributed by atoms with Crippen LogP contribution in [0.4, 0.5) is 0 Å². The van der Waals surface area contributed by atoms with E-state index in [1.807, 2.05) is 13.8 Å². The number of hydrogen-bond donors (Lipinski definition) is 1. The van der Waals surface area contributed by atoms with E-state index >= 15 is 0 Å². The van der Waals surface area contributed by atoms with E-state index in [0.29, 0.717) is 12.8 Å². The van der Waals surface area contributed by atoms with Crippen LogP contribution in [0.2, 0.25) is 0 Å². The van der Waals surface area contributed by atoms with E-state index in [0.717, 1.165) is 13.2 Å². The molecule has 0 aliphatic heterocycles. The van der Waals surface area contributed by atoms with Crippen molar-refractivity contribution >= 4 is 25.7 Å². The number of hydrogen-bond acceptors (Lipinski definition) is 4. The molecule has 0 aromatic rings. The summed E-state index contributed by atoms with van der Waals surface area (Å²) in [7, 11) is 1.25. The zero-order chi connectivity index (χ0) is 14.2. The Morgan fingerprint density at radius 2 is 1.78 bits per heavy atom. The fraction of sp³-hybridized carbons (Fsp3) is 0.727. The first-order valence-corrected chi connectivity index (χ1v) is 8.13. The summed E-state index contributed by atoms with van der Waals surface area (Å²) in [6.07, 6.45) is 1.92. The van der Waals surface area contributed by atoms with Crippen molar-refractivity contribution in [3.05, 3.63) is 10.5 Å². The summed E-state index contributed by atoms with van der Waals surface area (Å²) in [6, 6.07) is 0. The molecule has 1 N–H and O–H groups in total. The molecule has 1 rings (SSSR count). The SMILES string of the molecule is CCOCC.O=C(O)C1=C(S(=O)(=O)Cl)CCCC1. The van der Waals surface area contributed by atoms with Crippen molar-refractivity contribution in [2.45, 2.75) is 39.5 Å². The molecule has 0 saturated heterocycles. The highest BCUT2D eigenvalue weighted by atomic mass is 35.7. The highest BCUT2D eigenvalue weighted by Crippen LogP contribution is 2.30. The minimum absolute atomic E-state index is 0.0544. The van der Waals surface area contributed by atoms with Gasteiger partial charge in [0, 0.05) is 23.9 Å². The van der Waals surface area contributed by atoms with Gasteiger partial charge in [-0.15, -0.1) is 0 Å². The molecule has 18 heavy (non-hydrogen) atoms. The van der Waals surface area contributed by atoms with Crippen molar-refractivity contribution < 1.29 is 23.1 Å². The minimum atomic E-state index is -3.85. The van der Waals surface area contributed by atoms with Crippen LogP contribution < -0.4 is 0 Å². The summed E-state index contributed by atoms with van der Waals surface area (Å²) in [6.45, 7) is 5.67. The van der Waals surface area contributed by atoms with Crippen molar-refractivity contribution in [1.82, 2.24) is 0 Å². The first kappa shape index (κ1) is 17.4. The van der Waals surface area contributed by atoms with E-state index in [4.69, 9.17) is 20.5 Å². The number of carboxylic acid groups (broad SMARTS) is 1. The predicted octanol–water partition coefficient (Wildman–Crippen LogP) is 2.51. The van der Waals surface area contributed by atoms with Crippen LogP contribution in [0.25, 0.3) is 0 Å². The van der Waals surface area contributed by atoms with E-state index in [1.54, 1.807) is 0 Å². The number of aliphatic carboxylic acids is 1. The van der Waals surface area contributed by atoms with Crippen LogP contribution >= 0.6 is 10.7 Å². The number of carbonyl (C=O) groups is 1. The summed E-state index contributed by atoms with van der Waals surface area (Å²) >= 11 is 0. The highest BCUT2D eigenvalue weighted by Gasteiger charge is 2.26. The summed E-state index contributed by atoms with van der Waals surface area (Å²) in [5.74, 6) is -1.18. The van der Waals surface area contributed by atoms with Gasteiger partial charge in [0.15, 0.2) is 0 Å². The van der Waals surface area contributed by atoms with Crippen LogP contribution in [0.15, 0.2) is 10.5 Å². The van der Waals surface area contributed by atoms with Crippen molar-refractivity contribution in [3.8, 4) is 0 Å². The lowest BCUT2D eigenvalue weighted by atomic mass is 10.00. The van der Waals surface area contributed by atoms with E-state index in [9.17, 15) is 13.2 Å². The fourth-order valence-electron chi connectivity index (χ4n) is 1.58. The van der Waals surface area contributed by atoms with Crippen LogP contribution in [-0.4, -0.2) is 32.7 Å². The van der Waals surface area contributed by atoms with Gasteiger partial charge in [0.2, 0.25) is 0 Å². The lowest BCUT2D eigenvalue weighted by Gasteiger charge is -2.14. The average Bonchev–Trinajstić information content (AvgIpc) is 2.30. The fourth-order valence-corrected chi connectivity index (χ4v) is 2.96. The lowest BCUT2D eigenvalue weighted by molar-refractivity contribution is -0.132. The molecule has 7 heteroatoms. The molecule has 1 aliphatic carbocycles. The zero-order valence-corrected chi connectivity index (χ0v) is 12.2. The number of halogens is 1. The lowest BCUT2D eigenvalue weighted by Crippen LogP contribution is -2.12. The molecular weight excluding hydrogens is 280 g/mol. The second-order valence-electron chi connectivity index (χ2n) is 3.63. The van der Waals surface area contributed by atoms with Gasteiger partial charge in [-0.25, -0.2) is 13.2 Å². The Bertz CT molecular complexity index is 398. The number of rotatable bonds is 4. The molecule has 0 heterocycles. The second kappa shape index (κ2) is 8.50. The van der Waals surface area contributed by atoms with Gasteiger partial charge >= 0.3 is 5.97 Å². The molecule has 0 spiro atoms. The van der Waals surface area contributed by atoms with Gasteiger partial charge in [0.25, 0.3) is 9.05 Å². The molecule has 0 aromatic carbocycles. The Morgan fingerprint density at radius 1 is 1.28 bits per heavy atom. The number of carboxylic acids is 1. The molecule has 0 unspecified atom stereocenters. The van der Waals surface area contributed by atoms with Crippen molar-refractivity contribution in [2.75, 3.05) is 13.2 Å². The van der Waals surface area contributed by atoms with Crippen LogP contribution in [0.5, 0.6) is 0 Å². The minimum Gasteiger partial charge on any atom is -0.478 e. The van der Waals surface area contributed by atoms with Crippen molar-refractivity contribution in [2.24, 2.45) is 0 Å². The van der Waals surface area contributed by atoms with Crippen LogP contribution in [0.3, 0.4) is 0 Å². The normalized spacial score (nSPS) is 15.9. The molecule has 1 aliphatic rings. The first-order valence-electron chi connectivity index (χ1n) is 5.82. The Labute approximate surface area is 112 Å². The average molecular weight is 299 g/mol. The standard InChI is InChI=1S/C7H9ClO4S.C4H10O/c8-13(11,12)6-4-2-1-3-5(6)7(9)10;1-3-5-4-2/h1-4H2,(H,9,10);3-4H2,1-2H3. The zero-order valence-electron chi connectivity index (χ0n) is 10.6. The summed E-state index contributed by atoms with van der Waals surface area (Å²) in [5.41, 5.74) is -0.0544. The van der Waals surface area contributed by atoms with Gasteiger partial charge in [0.05, 0.1) is 10.5 Å². The van der Waals surface area contributed by atoms with E-state index in [1.165, 1.54) is 0 Å². The largest absolute Gasteiger partial charge is 0.478 e. The molecule has 5 nitrogen and oxygen atoms in total. The quantitative estimate of drug-likeness (QED) is 0.807. The molecule has 0 aromatic heterocycles. The monoisotopic (exact) mass is 298 g/mol. The van der Waals surface area contributed by atoms with E-state index < -0.39 is 15.0 Å². The second-order valence-corrected chi connectivity index (χ2v) is 6.22. The smallest absolute Gasteiger partial charge is 0.332 e. The molecule has 0 bridgehead atoms. The molecular formula is C11H19ClO5S. The van der Waals surface area contributed by atoms with Crippen molar-refractivity contribution in [3.63, 3.8) is 0 Å². The first-order chi connectivity index (χ1) is 8.34. The summed E-state index contributed by atoms with van der Waals surface area (Å²) in [5, 5.41) is 8.69. The third-order valence-corrected chi connectivity index (χ3v) is 3.98. The maximum absolute atomic E-state index is 10.9. The molecule has 0 amide bonds. The van der Waals surface area contributed by atoms with Gasteiger partial charge in [-0.05, 0) is 39.5 Å². The van der Waals surface area contributed by atoms with Crippen LogP contribution in [0.1, 0.15) is 39.5 Å². The Balaban J connectivity index is 0.000000494. The Hall–Kier alpha value is -0.590. The summed E-state index contributed by atoms with van der Waals surface area (Å²) < 4.78 is 26.7. The summed E-state index contributed by atoms with van der Waals surface area (Å²) in [4.78, 5) is 10.5. The number of ether oxygens (including phenoxy) is 1. The highest BCUT2D eigenvalue weighted by molar-refractivity contribution is 8.16. The third-order valence-electron chi connectivity index (χ3n) is 2.38. The Morgan fingerprint density at radius 3 is 2.06 bits per heavy atom. The van der Waals surface area contributed by atoms with E-state index in [-0.39, 0.29) is 23.3 Å². The Kier molecular flexibility index (Phi) is 8.22. The molecule has 106 valence electrons. The molecule has 0 saturated carbocycles. The maximum Gasteiger partial charge on any atom is 0.332 e. The molecule has 0 atom stereocenters. The van der Waals surface area contributed by atoms with Crippen LogP contribution in [0, 0.1) is 0 Å². The van der Waals surface area contributed by atoms with Gasteiger partial charge in [-0.3, -0.25) is 0 Å². The van der Waals surface area contributed by atoms with Gasteiger partial charge < -0.3 is 9.84 Å². The van der Waals surface area contributed by atoms with E-state index in [2.05, 4.69) is 0 Å². The van der Waals surface area contributed by atoms with Gasteiger partial charge in [0.1, 0.15) is 0 Å². The van der Waals surface area contributed by atoms with Gasteiger partial charge in [-0.1, -0.05) is 0 Å². The molecule has 0 fully saturated rings. The van der Waals surface area contributed by atoms with Crippen LogP contribution in [-0.2, 0) is 18.6 Å². The predicted molar refractivity (Wildman–Crippen MR) is 70.1 cm³/mol. The van der Waals surface area contributed by atoms with Gasteiger partial charge in [-0.2, -0.15) is 0 Å². The topological polar surface area (TPSA) is 80.7 Å².